The lowest BCUT2D eigenvalue weighted by molar-refractivity contribution is -0.128. The molecule has 1 unspecified atom stereocenters. The first-order valence-corrected chi connectivity index (χ1v) is 9.79. The molecule has 0 aliphatic rings. The molecule has 1 atom stereocenters. The first-order valence-electron chi connectivity index (χ1n) is 9.79. The lowest BCUT2D eigenvalue weighted by Gasteiger charge is -2.18. The van der Waals surface area contributed by atoms with Gasteiger partial charge in [-0.2, -0.15) is 0 Å². The van der Waals surface area contributed by atoms with Crippen LogP contribution in [-0.2, 0) is 11.2 Å². The number of hydrogen-bond acceptors (Lipinski definition) is 4. The molecule has 0 aliphatic carbocycles. The molecule has 0 aromatic heterocycles. The highest BCUT2D eigenvalue weighted by molar-refractivity contribution is 5.89. The van der Waals surface area contributed by atoms with Crippen LogP contribution in [0.5, 0.6) is 17.2 Å². The Balaban J connectivity index is 1.60. The summed E-state index contributed by atoms with van der Waals surface area (Å²) in [7, 11) is 3.22. The summed E-state index contributed by atoms with van der Waals surface area (Å²) in [5.41, 5.74) is 1.06. The average Bonchev–Trinajstić information content (AvgIpc) is 2.77. The Kier molecular flexibility index (Phi) is 6.95. The summed E-state index contributed by atoms with van der Waals surface area (Å²) >= 11 is 0. The predicted molar refractivity (Wildman–Crippen MR) is 115 cm³/mol. The molecule has 3 aromatic rings. The summed E-state index contributed by atoms with van der Waals surface area (Å²) in [6.45, 7) is 2.47. The summed E-state index contributed by atoms with van der Waals surface area (Å²) in [5, 5.41) is 5.08. The number of carbonyl (C=O) groups excluding carboxylic acids is 1. The number of amides is 1. The number of benzene rings is 3. The molecule has 1 amide bonds. The van der Waals surface area contributed by atoms with Crippen LogP contribution >= 0.6 is 0 Å². The molecule has 0 heterocycles. The van der Waals surface area contributed by atoms with Gasteiger partial charge in [-0.05, 0) is 42.0 Å². The van der Waals surface area contributed by atoms with Crippen LogP contribution in [0.15, 0.2) is 60.7 Å². The highest BCUT2D eigenvalue weighted by Crippen LogP contribution is 2.28. The number of hydrogen-bond donors (Lipinski definition) is 1. The summed E-state index contributed by atoms with van der Waals surface area (Å²) in [6.07, 6.45) is 0.744. The Labute approximate surface area is 171 Å². The zero-order chi connectivity index (χ0) is 20.6. The molecule has 0 fully saturated rings. The van der Waals surface area contributed by atoms with E-state index < -0.39 is 6.10 Å². The van der Waals surface area contributed by atoms with Gasteiger partial charge in [-0.3, -0.25) is 4.79 Å². The van der Waals surface area contributed by atoms with E-state index in [4.69, 9.17) is 14.2 Å². The molecule has 3 aromatic carbocycles. The van der Waals surface area contributed by atoms with Crippen molar-refractivity contribution >= 4 is 16.7 Å². The third kappa shape index (κ3) is 4.99. The summed E-state index contributed by atoms with van der Waals surface area (Å²) in [4.78, 5) is 12.6. The largest absolute Gasteiger partial charge is 0.493 e. The Hall–Kier alpha value is -3.21. The lowest BCUT2D eigenvalue weighted by Crippen LogP contribution is -2.39. The quantitative estimate of drug-likeness (QED) is 0.586. The molecular formula is C24H27NO4. The molecule has 0 aliphatic heterocycles. The van der Waals surface area contributed by atoms with E-state index in [1.54, 1.807) is 14.2 Å². The standard InChI is InChI=1S/C24H27NO4/c1-4-20(29-21-11-7-9-18-8-5-6-10-19(18)21)24(26)25-15-14-17-12-13-22(27-2)23(16-17)28-3/h5-13,16,20H,4,14-15H2,1-3H3,(H,25,26). The van der Waals surface area contributed by atoms with Crippen LogP contribution in [0.4, 0.5) is 0 Å². The minimum atomic E-state index is -0.536. The first kappa shape index (κ1) is 20.5. The maximum atomic E-state index is 12.6. The topological polar surface area (TPSA) is 56.8 Å². The van der Waals surface area contributed by atoms with Gasteiger partial charge in [0.25, 0.3) is 5.91 Å². The van der Waals surface area contributed by atoms with Gasteiger partial charge in [0.2, 0.25) is 0 Å². The minimum Gasteiger partial charge on any atom is -0.493 e. The van der Waals surface area contributed by atoms with Gasteiger partial charge in [-0.25, -0.2) is 0 Å². The molecule has 5 heteroatoms. The number of methoxy groups -OCH3 is 2. The molecule has 0 radical (unpaired) electrons. The van der Waals surface area contributed by atoms with E-state index in [2.05, 4.69) is 5.32 Å². The molecule has 0 bridgehead atoms. The second kappa shape index (κ2) is 9.82. The lowest BCUT2D eigenvalue weighted by atomic mass is 10.1. The summed E-state index contributed by atoms with van der Waals surface area (Å²) in [6, 6.07) is 19.6. The molecule has 0 spiro atoms. The smallest absolute Gasteiger partial charge is 0.261 e. The SMILES string of the molecule is CCC(Oc1cccc2ccccc12)C(=O)NCCc1ccc(OC)c(OC)c1. The van der Waals surface area contributed by atoms with E-state index in [-0.39, 0.29) is 5.91 Å². The van der Waals surface area contributed by atoms with Gasteiger partial charge in [-0.1, -0.05) is 49.4 Å². The van der Waals surface area contributed by atoms with Gasteiger partial charge < -0.3 is 19.5 Å². The first-order chi connectivity index (χ1) is 14.2. The zero-order valence-corrected chi connectivity index (χ0v) is 17.1. The van der Waals surface area contributed by atoms with E-state index in [1.165, 1.54) is 0 Å². The molecular weight excluding hydrogens is 366 g/mol. The van der Waals surface area contributed by atoms with E-state index in [1.807, 2.05) is 67.6 Å². The van der Waals surface area contributed by atoms with Crippen LogP contribution in [0.1, 0.15) is 18.9 Å². The molecule has 3 rings (SSSR count). The van der Waals surface area contributed by atoms with Crippen LogP contribution in [0.3, 0.4) is 0 Å². The second-order valence-electron chi connectivity index (χ2n) is 6.72. The van der Waals surface area contributed by atoms with Crippen LogP contribution in [0, 0.1) is 0 Å². The van der Waals surface area contributed by atoms with Crippen LogP contribution in [-0.4, -0.2) is 32.8 Å². The Morgan fingerprint density at radius 3 is 2.45 bits per heavy atom. The molecule has 5 nitrogen and oxygen atoms in total. The van der Waals surface area contributed by atoms with Gasteiger partial charge in [0.1, 0.15) is 5.75 Å². The van der Waals surface area contributed by atoms with E-state index in [0.29, 0.717) is 30.9 Å². The number of fused-ring (bicyclic) bond motifs is 1. The third-order valence-corrected chi connectivity index (χ3v) is 4.84. The van der Waals surface area contributed by atoms with Crippen LogP contribution in [0.25, 0.3) is 10.8 Å². The van der Waals surface area contributed by atoms with Crippen molar-refractivity contribution in [2.45, 2.75) is 25.9 Å². The van der Waals surface area contributed by atoms with Gasteiger partial charge >= 0.3 is 0 Å². The van der Waals surface area contributed by atoms with Crippen LogP contribution < -0.4 is 19.5 Å². The van der Waals surface area contributed by atoms with Crippen molar-refractivity contribution in [3.63, 3.8) is 0 Å². The summed E-state index contributed by atoms with van der Waals surface area (Å²) in [5.74, 6) is 1.99. The Morgan fingerprint density at radius 2 is 1.69 bits per heavy atom. The predicted octanol–water partition coefficient (Wildman–Crippen LogP) is 4.37. The van der Waals surface area contributed by atoms with Gasteiger partial charge in [0.05, 0.1) is 14.2 Å². The van der Waals surface area contributed by atoms with E-state index in [9.17, 15) is 4.79 Å². The van der Waals surface area contributed by atoms with Crippen molar-refractivity contribution in [2.75, 3.05) is 20.8 Å². The average molecular weight is 393 g/mol. The fourth-order valence-corrected chi connectivity index (χ4v) is 3.25. The van der Waals surface area contributed by atoms with Crippen molar-refractivity contribution < 1.29 is 19.0 Å². The van der Waals surface area contributed by atoms with Crippen LogP contribution in [0.2, 0.25) is 0 Å². The number of carbonyl (C=O) groups is 1. The molecule has 0 saturated carbocycles. The maximum absolute atomic E-state index is 12.6. The van der Waals surface area contributed by atoms with Gasteiger partial charge in [-0.15, -0.1) is 0 Å². The fourth-order valence-electron chi connectivity index (χ4n) is 3.25. The Bertz CT molecular complexity index is 965. The van der Waals surface area contributed by atoms with Gasteiger partial charge in [0, 0.05) is 11.9 Å². The fraction of sp³-hybridized carbons (Fsp3) is 0.292. The number of rotatable bonds is 9. The van der Waals surface area contributed by atoms with Gasteiger partial charge in [0.15, 0.2) is 17.6 Å². The molecule has 1 N–H and O–H groups in total. The van der Waals surface area contributed by atoms with E-state index >= 15 is 0 Å². The van der Waals surface area contributed by atoms with Crippen molar-refractivity contribution in [2.24, 2.45) is 0 Å². The van der Waals surface area contributed by atoms with Crippen molar-refractivity contribution in [3.05, 3.63) is 66.2 Å². The normalized spacial score (nSPS) is 11.7. The monoisotopic (exact) mass is 393 g/mol. The molecule has 29 heavy (non-hydrogen) atoms. The van der Waals surface area contributed by atoms with Crippen molar-refractivity contribution in [1.29, 1.82) is 0 Å². The third-order valence-electron chi connectivity index (χ3n) is 4.84. The second-order valence-corrected chi connectivity index (χ2v) is 6.72. The number of nitrogens with one attached hydrogen (secondary N) is 1. The minimum absolute atomic E-state index is 0.110. The molecule has 0 saturated heterocycles. The van der Waals surface area contributed by atoms with Crippen molar-refractivity contribution in [3.8, 4) is 17.2 Å². The highest BCUT2D eigenvalue weighted by Gasteiger charge is 2.19. The van der Waals surface area contributed by atoms with E-state index in [0.717, 1.165) is 22.1 Å². The molecule has 152 valence electrons. The van der Waals surface area contributed by atoms with Crippen molar-refractivity contribution in [1.82, 2.24) is 5.32 Å². The maximum Gasteiger partial charge on any atom is 0.261 e. The Morgan fingerprint density at radius 1 is 0.931 bits per heavy atom. The number of ether oxygens (including phenoxy) is 3. The summed E-state index contributed by atoms with van der Waals surface area (Å²) < 4.78 is 16.6. The highest BCUT2D eigenvalue weighted by atomic mass is 16.5. The zero-order valence-electron chi connectivity index (χ0n) is 17.1.